The van der Waals surface area contributed by atoms with Crippen LogP contribution in [0.1, 0.15) is 28.5 Å². The molecular formula is C22H22ClN3O3. The van der Waals surface area contributed by atoms with Crippen molar-refractivity contribution in [1.29, 1.82) is 0 Å². The molecule has 0 atom stereocenters. The molecule has 2 N–H and O–H groups in total. The lowest BCUT2D eigenvalue weighted by Crippen LogP contribution is -2.29. The van der Waals surface area contributed by atoms with Gasteiger partial charge in [-0.3, -0.25) is 0 Å². The molecular weight excluding hydrogens is 390 g/mol. The number of amides is 2. The molecule has 0 aliphatic carbocycles. The minimum atomic E-state index is -0.420. The molecule has 3 rings (SSSR count). The number of aromatic nitrogens is 1. The lowest BCUT2D eigenvalue weighted by atomic mass is 10.2. The van der Waals surface area contributed by atoms with Crippen molar-refractivity contribution >= 4 is 29.3 Å². The van der Waals surface area contributed by atoms with Gasteiger partial charge in [-0.05, 0) is 55.0 Å². The van der Waals surface area contributed by atoms with Gasteiger partial charge < -0.3 is 19.9 Å². The van der Waals surface area contributed by atoms with Crippen LogP contribution < -0.4 is 10.6 Å². The third-order valence-corrected chi connectivity index (χ3v) is 4.50. The molecule has 0 fully saturated rings. The lowest BCUT2D eigenvalue weighted by molar-refractivity contribution is 0.0526. The zero-order valence-corrected chi connectivity index (χ0v) is 16.8. The SMILES string of the molecule is CCOC(=O)c1cccc(NC(=O)NCc2cccn2Cc2ccc(Cl)cc2)c1. The first-order valence-corrected chi connectivity index (χ1v) is 9.63. The number of benzene rings is 2. The van der Waals surface area contributed by atoms with Crippen molar-refractivity contribution in [2.75, 3.05) is 11.9 Å². The predicted molar refractivity (Wildman–Crippen MR) is 113 cm³/mol. The van der Waals surface area contributed by atoms with Gasteiger partial charge >= 0.3 is 12.0 Å². The summed E-state index contributed by atoms with van der Waals surface area (Å²) in [6, 6.07) is 17.8. The monoisotopic (exact) mass is 411 g/mol. The zero-order chi connectivity index (χ0) is 20.6. The molecule has 0 unspecified atom stereocenters. The molecule has 6 nitrogen and oxygen atoms in total. The summed E-state index contributed by atoms with van der Waals surface area (Å²) in [6.07, 6.45) is 1.96. The summed E-state index contributed by atoms with van der Waals surface area (Å²) in [4.78, 5) is 24.1. The Hall–Kier alpha value is -3.25. The highest BCUT2D eigenvalue weighted by Crippen LogP contribution is 2.14. The number of ether oxygens (including phenoxy) is 1. The first-order chi connectivity index (χ1) is 14.0. The first-order valence-electron chi connectivity index (χ1n) is 9.25. The Labute approximate surface area is 174 Å². The van der Waals surface area contributed by atoms with E-state index in [1.54, 1.807) is 31.2 Å². The molecule has 0 radical (unpaired) electrons. The van der Waals surface area contributed by atoms with Crippen LogP contribution in [0.2, 0.25) is 5.02 Å². The minimum absolute atomic E-state index is 0.298. The Balaban J connectivity index is 1.56. The molecule has 1 heterocycles. The number of carbonyl (C=O) groups excluding carboxylic acids is 2. The van der Waals surface area contributed by atoms with E-state index < -0.39 is 5.97 Å². The van der Waals surface area contributed by atoms with E-state index in [0.29, 0.717) is 36.0 Å². The summed E-state index contributed by atoms with van der Waals surface area (Å²) in [7, 11) is 0. The predicted octanol–water partition coefficient (Wildman–Crippen LogP) is 4.69. The number of halogens is 1. The van der Waals surface area contributed by atoms with E-state index in [2.05, 4.69) is 15.2 Å². The second kappa shape index (κ2) is 9.80. The highest BCUT2D eigenvalue weighted by atomic mass is 35.5. The molecule has 0 aliphatic rings. The maximum atomic E-state index is 12.3. The molecule has 29 heavy (non-hydrogen) atoms. The van der Waals surface area contributed by atoms with Gasteiger partial charge in [0.1, 0.15) is 0 Å². The standard InChI is InChI=1S/C22H22ClN3O3/c1-2-29-21(27)17-5-3-6-19(13-17)25-22(28)24-14-20-7-4-12-26(20)15-16-8-10-18(23)11-9-16/h3-13H,2,14-15H2,1H3,(H2,24,25,28). The summed E-state index contributed by atoms with van der Waals surface area (Å²) >= 11 is 5.93. The largest absolute Gasteiger partial charge is 0.462 e. The molecule has 7 heteroatoms. The van der Waals surface area contributed by atoms with Crippen molar-refractivity contribution in [3.63, 3.8) is 0 Å². The van der Waals surface area contributed by atoms with E-state index in [4.69, 9.17) is 16.3 Å². The van der Waals surface area contributed by atoms with Gasteiger partial charge in [0.05, 0.1) is 18.7 Å². The van der Waals surface area contributed by atoms with Gasteiger partial charge in [0.15, 0.2) is 0 Å². The quantitative estimate of drug-likeness (QED) is 0.554. The van der Waals surface area contributed by atoms with Crippen LogP contribution in [-0.4, -0.2) is 23.2 Å². The van der Waals surface area contributed by atoms with Crippen molar-refractivity contribution in [3.05, 3.63) is 88.7 Å². The number of carbonyl (C=O) groups is 2. The number of rotatable bonds is 7. The summed E-state index contributed by atoms with van der Waals surface area (Å²) in [5.74, 6) is -0.420. The molecule has 0 aliphatic heterocycles. The van der Waals surface area contributed by atoms with E-state index in [-0.39, 0.29) is 6.03 Å². The van der Waals surface area contributed by atoms with Crippen molar-refractivity contribution in [1.82, 2.24) is 9.88 Å². The van der Waals surface area contributed by atoms with Crippen LogP contribution in [0, 0.1) is 0 Å². The van der Waals surface area contributed by atoms with Crippen molar-refractivity contribution < 1.29 is 14.3 Å². The third-order valence-electron chi connectivity index (χ3n) is 4.25. The molecule has 0 bridgehead atoms. The van der Waals surface area contributed by atoms with Crippen LogP contribution in [0.15, 0.2) is 66.9 Å². The number of anilines is 1. The van der Waals surface area contributed by atoms with E-state index in [0.717, 1.165) is 11.3 Å². The second-order valence-electron chi connectivity index (χ2n) is 6.36. The van der Waals surface area contributed by atoms with Crippen molar-refractivity contribution in [3.8, 4) is 0 Å². The van der Waals surface area contributed by atoms with Gasteiger partial charge in [-0.1, -0.05) is 29.8 Å². The highest BCUT2D eigenvalue weighted by molar-refractivity contribution is 6.30. The summed E-state index contributed by atoms with van der Waals surface area (Å²) in [6.45, 7) is 3.09. The van der Waals surface area contributed by atoms with Crippen molar-refractivity contribution in [2.45, 2.75) is 20.0 Å². The number of nitrogens with one attached hydrogen (secondary N) is 2. The Bertz CT molecular complexity index is 983. The average molecular weight is 412 g/mol. The van der Waals surface area contributed by atoms with Crippen LogP contribution in [0.3, 0.4) is 0 Å². The van der Waals surface area contributed by atoms with Gasteiger partial charge in [-0.15, -0.1) is 0 Å². The Morgan fingerprint density at radius 1 is 1.07 bits per heavy atom. The number of esters is 1. The molecule has 0 saturated carbocycles. The highest BCUT2D eigenvalue weighted by Gasteiger charge is 2.09. The van der Waals surface area contributed by atoms with E-state index >= 15 is 0 Å². The summed E-state index contributed by atoms with van der Waals surface area (Å²) < 4.78 is 7.04. The maximum Gasteiger partial charge on any atom is 0.338 e. The molecule has 3 aromatic rings. The second-order valence-corrected chi connectivity index (χ2v) is 6.80. The Kier molecular flexibility index (Phi) is 6.92. The molecule has 2 amide bonds. The number of hydrogen-bond acceptors (Lipinski definition) is 3. The van der Waals surface area contributed by atoms with Gasteiger partial charge in [-0.2, -0.15) is 0 Å². The van der Waals surface area contributed by atoms with Crippen LogP contribution in [-0.2, 0) is 17.8 Å². The number of hydrogen-bond donors (Lipinski definition) is 2. The number of urea groups is 1. The van der Waals surface area contributed by atoms with E-state index in [9.17, 15) is 9.59 Å². The van der Waals surface area contributed by atoms with Gasteiger partial charge in [0.25, 0.3) is 0 Å². The summed E-state index contributed by atoms with van der Waals surface area (Å²) in [5.41, 5.74) is 2.99. The fourth-order valence-electron chi connectivity index (χ4n) is 2.84. The van der Waals surface area contributed by atoms with Gasteiger partial charge in [0, 0.05) is 29.1 Å². The van der Waals surface area contributed by atoms with Crippen LogP contribution >= 0.6 is 11.6 Å². The number of nitrogens with zero attached hydrogens (tertiary/aromatic N) is 1. The zero-order valence-electron chi connectivity index (χ0n) is 16.0. The Morgan fingerprint density at radius 2 is 1.86 bits per heavy atom. The molecule has 0 saturated heterocycles. The molecule has 1 aromatic heterocycles. The molecule has 0 spiro atoms. The lowest BCUT2D eigenvalue weighted by Gasteiger charge is -2.12. The minimum Gasteiger partial charge on any atom is -0.462 e. The third kappa shape index (κ3) is 5.86. The van der Waals surface area contributed by atoms with Crippen LogP contribution in [0.4, 0.5) is 10.5 Å². The van der Waals surface area contributed by atoms with E-state index in [1.807, 2.05) is 42.6 Å². The van der Waals surface area contributed by atoms with E-state index in [1.165, 1.54) is 0 Å². The van der Waals surface area contributed by atoms with Crippen LogP contribution in [0.5, 0.6) is 0 Å². The Morgan fingerprint density at radius 3 is 2.62 bits per heavy atom. The normalized spacial score (nSPS) is 10.4. The average Bonchev–Trinajstić information content (AvgIpc) is 3.15. The van der Waals surface area contributed by atoms with Gasteiger partial charge in [0.2, 0.25) is 0 Å². The topological polar surface area (TPSA) is 72.4 Å². The smallest absolute Gasteiger partial charge is 0.338 e. The fraction of sp³-hybridized carbons (Fsp3) is 0.182. The fourth-order valence-corrected chi connectivity index (χ4v) is 2.96. The maximum absolute atomic E-state index is 12.3. The summed E-state index contributed by atoms with van der Waals surface area (Å²) in [5, 5.41) is 6.27. The van der Waals surface area contributed by atoms with Crippen LogP contribution in [0.25, 0.3) is 0 Å². The van der Waals surface area contributed by atoms with Crippen molar-refractivity contribution in [2.24, 2.45) is 0 Å². The molecule has 150 valence electrons. The first kappa shape index (κ1) is 20.5. The van der Waals surface area contributed by atoms with Gasteiger partial charge in [-0.25, -0.2) is 9.59 Å². The molecule has 2 aromatic carbocycles.